The summed E-state index contributed by atoms with van der Waals surface area (Å²) in [6.45, 7) is 6.99. The number of amides is 2. The second kappa shape index (κ2) is 7.33. The van der Waals surface area contributed by atoms with Crippen LogP contribution in [-0.2, 0) is 0 Å². The number of hydrogen-bond donors (Lipinski definition) is 2. The van der Waals surface area contributed by atoms with E-state index in [4.69, 9.17) is 0 Å². The van der Waals surface area contributed by atoms with Crippen molar-refractivity contribution in [1.82, 2.24) is 15.5 Å². The van der Waals surface area contributed by atoms with E-state index in [1.807, 2.05) is 0 Å². The van der Waals surface area contributed by atoms with E-state index in [1.165, 1.54) is 5.57 Å². The summed E-state index contributed by atoms with van der Waals surface area (Å²) in [5.41, 5.74) is 1.34. The SMILES string of the molecule is CCCCNC(=O)N[C@@H](C)C1=CCN(C)CC1. The summed E-state index contributed by atoms with van der Waals surface area (Å²) in [4.78, 5) is 13.9. The molecule has 0 spiro atoms. The maximum Gasteiger partial charge on any atom is 0.315 e. The van der Waals surface area contributed by atoms with Gasteiger partial charge in [-0.25, -0.2) is 4.79 Å². The fraction of sp³-hybridized carbons (Fsp3) is 0.769. The molecule has 2 N–H and O–H groups in total. The lowest BCUT2D eigenvalue weighted by Crippen LogP contribution is -2.43. The number of urea groups is 1. The molecule has 4 nitrogen and oxygen atoms in total. The van der Waals surface area contributed by atoms with E-state index < -0.39 is 0 Å². The van der Waals surface area contributed by atoms with Crippen LogP contribution in [0.1, 0.15) is 33.1 Å². The Morgan fingerprint density at radius 2 is 2.35 bits per heavy atom. The van der Waals surface area contributed by atoms with E-state index in [1.54, 1.807) is 0 Å². The van der Waals surface area contributed by atoms with Gasteiger partial charge in [-0.3, -0.25) is 0 Å². The standard InChI is InChI=1S/C13H25N3O/c1-4-5-8-14-13(17)15-11(2)12-6-9-16(3)10-7-12/h6,11H,4-5,7-10H2,1-3H3,(H2,14,15,17)/t11-/m0/s1. The van der Waals surface area contributed by atoms with E-state index in [0.717, 1.165) is 38.9 Å². The normalized spacial score (nSPS) is 18.4. The van der Waals surface area contributed by atoms with Gasteiger partial charge in [-0.2, -0.15) is 0 Å². The minimum Gasteiger partial charge on any atom is -0.338 e. The lowest BCUT2D eigenvalue weighted by atomic mass is 10.0. The lowest BCUT2D eigenvalue weighted by Gasteiger charge is -2.26. The topological polar surface area (TPSA) is 44.4 Å². The number of carbonyl (C=O) groups excluding carboxylic acids is 1. The number of nitrogens with one attached hydrogen (secondary N) is 2. The molecule has 1 aliphatic heterocycles. The van der Waals surface area contributed by atoms with Crippen molar-refractivity contribution in [3.05, 3.63) is 11.6 Å². The largest absolute Gasteiger partial charge is 0.338 e. The summed E-state index contributed by atoms with van der Waals surface area (Å²) in [6.07, 6.45) is 5.41. The van der Waals surface area contributed by atoms with Gasteiger partial charge in [0.15, 0.2) is 0 Å². The van der Waals surface area contributed by atoms with Crippen LogP contribution in [0.3, 0.4) is 0 Å². The minimum atomic E-state index is -0.0502. The van der Waals surface area contributed by atoms with Crippen molar-refractivity contribution in [2.75, 3.05) is 26.7 Å². The number of unbranched alkanes of at least 4 members (excludes halogenated alkanes) is 1. The molecule has 0 aromatic carbocycles. The first-order valence-corrected chi connectivity index (χ1v) is 6.55. The van der Waals surface area contributed by atoms with Crippen LogP contribution in [0.2, 0.25) is 0 Å². The van der Waals surface area contributed by atoms with Crippen LogP contribution in [0.5, 0.6) is 0 Å². The maximum atomic E-state index is 11.6. The fourth-order valence-corrected chi connectivity index (χ4v) is 1.90. The highest BCUT2D eigenvalue weighted by Crippen LogP contribution is 2.12. The number of rotatable bonds is 5. The Morgan fingerprint density at radius 3 is 2.94 bits per heavy atom. The smallest absolute Gasteiger partial charge is 0.315 e. The van der Waals surface area contributed by atoms with Crippen LogP contribution in [0.4, 0.5) is 4.79 Å². The molecule has 1 rings (SSSR count). The van der Waals surface area contributed by atoms with Gasteiger partial charge in [-0.05, 0) is 32.4 Å². The molecule has 17 heavy (non-hydrogen) atoms. The number of nitrogens with zero attached hydrogens (tertiary/aromatic N) is 1. The van der Waals surface area contributed by atoms with Gasteiger partial charge in [-0.1, -0.05) is 19.4 Å². The zero-order valence-corrected chi connectivity index (χ0v) is 11.3. The van der Waals surface area contributed by atoms with Crippen LogP contribution in [0.25, 0.3) is 0 Å². The van der Waals surface area contributed by atoms with E-state index >= 15 is 0 Å². The average Bonchev–Trinajstić information content (AvgIpc) is 2.30. The first-order valence-electron chi connectivity index (χ1n) is 6.55. The molecule has 1 atom stereocenters. The van der Waals surface area contributed by atoms with Crippen LogP contribution in [-0.4, -0.2) is 43.7 Å². The summed E-state index contributed by atoms with van der Waals surface area (Å²) in [5, 5.41) is 5.86. The molecule has 0 aromatic rings. The Balaban J connectivity index is 2.28. The maximum absolute atomic E-state index is 11.6. The zero-order chi connectivity index (χ0) is 12.7. The Bertz CT molecular complexity index is 276. The first-order chi connectivity index (χ1) is 8.13. The minimum absolute atomic E-state index is 0.0502. The quantitative estimate of drug-likeness (QED) is 0.567. The Kier molecular flexibility index (Phi) is 6.05. The summed E-state index contributed by atoms with van der Waals surface area (Å²) in [6, 6.07) is 0.0936. The summed E-state index contributed by atoms with van der Waals surface area (Å²) in [5.74, 6) is 0. The Labute approximate surface area is 104 Å². The highest BCUT2D eigenvalue weighted by atomic mass is 16.2. The molecule has 0 radical (unpaired) electrons. The van der Waals surface area contributed by atoms with Gasteiger partial charge in [0.05, 0.1) is 0 Å². The molecular formula is C13H25N3O. The molecule has 0 aromatic heterocycles. The van der Waals surface area contributed by atoms with Crippen LogP contribution >= 0.6 is 0 Å². The Morgan fingerprint density at radius 1 is 1.59 bits per heavy atom. The molecule has 0 fully saturated rings. The molecule has 1 heterocycles. The van der Waals surface area contributed by atoms with Gasteiger partial charge in [-0.15, -0.1) is 0 Å². The summed E-state index contributed by atoms with van der Waals surface area (Å²) < 4.78 is 0. The first kappa shape index (κ1) is 14.0. The molecule has 98 valence electrons. The van der Waals surface area contributed by atoms with Crippen molar-refractivity contribution in [3.63, 3.8) is 0 Å². The average molecular weight is 239 g/mol. The van der Waals surface area contributed by atoms with Crippen molar-refractivity contribution in [2.24, 2.45) is 0 Å². The molecule has 0 saturated carbocycles. The number of carbonyl (C=O) groups is 1. The van der Waals surface area contributed by atoms with Crippen molar-refractivity contribution in [3.8, 4) is 0 Å². The molecule has 0 unspecified atom stereocenters. The highest BCUT2D eigenvalue weighted by Gasteiger charge is 2.15. The van der Waals surface area contributed by atoms with Gasteiger partial charge in [0.25, 0.3) is 0 Å². The molecule has 2 amide bonds. The van der Waals surface area contributed by atoms with Gasteiger partial charge in [0, 0.05) is 25.7 Å². The molecule has 1 aliphatic rings. The lowest BCUT2D eigenvalue weighted by molar-refractivity contribution is 0.238. The predicted molar refractivity (Wildman–Crippen MR) is 71.1 cm³/mol. The molecule has 0 aliphatic carbocycles. The zero-order valence-electron chi connectivity index (χ0n) is 11.3. The summed E-state index contributed by atoms with van der Waals surface area (Å²) >= 11 is 0. The summed E-state index contributed by atoms with van der Waals surface area (Å²) in [7, 11) is 2.11. The van der Waals surface area contributed by atoms with E-state index in [9.17, 15) is 4.79 Å². The van der Waals surface area contributed by atoms with E-state index in [2.05, 4.69) is 42.5 Å². The molecule has 0 bridgehead atoms. The molecule has 0 saturated heterocycles. The predicted octanol–water partition coefficient (Wildman–Crippen LogP) is 1.74. The van der Waals surface area contributed by atoms with Crippen molar-refractivity contribution < 1.29 is 4.79 Å². The second-order valence-corrected chi connectivity index (χ2v) is 4.77. The highest BCUT2D eigenvalue weighted by molar-refractivity contribution is 5.74. The third-order valence-electron chi connectivity index (χ3n) is 3.17. The van der Waals surface area contributed by atoms with Gasteiger partial charge >= 0.3 is 6.03 Å². The number of hydrogen-bond acceptors (Lipinski definition) is 2. The van der Waals surface area contributed by atoms with Crippen LogP contribution < -0.4 is 10.6 Å². The third kappa shape index (κ3) is 5.22. The number of likely N-dealkylation sites (N-methyl/N-ethyl adjacent to an activating group) is 1. The monoisotopic (exact) mass is 239 g/mol. The van der Waals surface area contributed by atoms with Crippen molar-refractivity contribution in [2.45, 2.75) is 39.2 Å². The van der Waals surface area contributed by atoms with Gasteiger partial charge in [0.2, 0.25) is 0 Å². The fourth-order valence-electron chi connectivity index (χ4n) is 1.90. The van der Waals surface area contributed by atoms with E-state index in [-0.39, 0.29) is 12.1 Å². The van der Waals surface area contributed by atoms with Crippen molar-refractivity contribution in [1.29, 1.82) is 0 Å². The molecular weight excluding hydrogens is 214 g/mol. The van der Waals surface area contributed by atoms with Gasteiger partial charge in [0.1, 0.15) is 0 Å². The Hall–Kier alpha value is -1.03. The van der Waals surface area contributed by atoms with Gasteiger partial charge < -0.3 is 15.5 Å². The van der Waals surface area contributed by atoms with E-state index in [0.29, 0.717) is 0 Å². The van der Waals surface area contributed by atoms with Crippen LogP contribution in [0.15, 0.2) is 11.6 Å². The molecule has 4 heteroatoms. The van der Waals surface area contributed by atoms with Crippen molar-refractivity contribution >= 4 is 6.03 Å². The second-order valence-electron chi connectivity index (χ2n) is 4.77. The third-order valence-corrected chi connectivity index (χ3v) is 3.17. The van der Waals surface area contributed by atoms with Crippen LogP contribution in [0, 0.1) is 0 Å².